The highest BCUT2D eigenvalue weighted by molar-refractivity contribution is 7.99. The summed E-state index contributed by atoms with van der Waals surface area (Å²) >= 11 is 1.58. The second kappa shape index (κ2) is 10.7. The van der Waals surface area contributed by atoms with Crippen molar-refractivity contribution in [2.24, 2.45) is 0 Å². The molecule has 1 aliphatic heterocycles. The Labute approximate surface area is 202 Å². The molecule has 1 atom stereocenters. The number of nitrogens with zero attached hydrogens (tertiary/aromatic N) is 3. The maximum absolute atomic E-state index is 13.7. The monoisotopic (exact) mass is 481 g/mol. The molecule has 2 aromatic carbocycles. The first kappa shape index (κ1) is 23.8. The molecule has 1 aromatic heterocycles. The number of halogens is 1. The largest absolute Gasteiger partial charge is 0.492 e. The topological polar surface area (TPSA) is 81.1 Å². The number of allylic oxidation sites excluding steroid dienone is 1. The van der Waals surface area contributed by atoms with Crippen LogP contribution in [0.3, 0.4) is 0 Å². The van der Waals surface area contributed by atoms with Crippen molar-refractivity contribution >= 4 is 29.3 Å². The van der Waals surface area contributed by atoms with E-state index >= 15 is 0 Å². The molecule has 0 aliphatic carbocycles. The molecule has 1 unspecified atom stereocenters. The molecule has 1 aliphatic rings. The number of fused-ring (bicyclic) bond motifs is 1. The van der Waals surface area contributed by atoms with E-state index in [9.17, 15) is 9.18 Å². The summed E-state index contributed by atoms with van der Waals surface area (Å²) in [6.07, 6.45) is 2.15. The van der Waals surface area contributed by atoms with Gasteiger partial charge >= 0.3 is 0 Å². The Balaban J connectivity index is 1.72. The molecule has 1 amide bonds. The van der Waals surface area contributed by atoms with Crippen LogP contribution < -0.4 is 15.4 Å². The van der Waals surface area contributed by atoms with Crippen LogP contribution in [-0.4, -0.2) is 33.0 Å². The molecule has 34 heavy (non-hydrogen) atoms. The first-order valence-corrected chi connectivity index (χ1v) is 12.4. The summed E-state index contributed by atoms with van der Waals surface area (Å²) in [6.45, 7) is 6.35. The Morgan fingerprint density at radius 3 is 2.71 bits per heavy atom. The molecular formula is C25H28FN5O2S. The van der Waals surface area contributed by atoms with Gasteiger partial charge in [0.15, 0.2) is 0 Å². The van der Waals surface area contributed by atoms with E-state index in [1.54, 1.807) is 34.6 Å². The Bertz CT molecular complexity index is 1190. The van der Waals surface area contributed by atoms with Gasteiger partial charge < -0.3 is 15.4 Å². The fourth-order valence-corrected chi connectivity index (χ4v) is 4.70. The van der Waals surface area contributed by atoms with E-state index in [1.807, 2.05) is 32.0 Å². The van der Waals surface area contributed by atoms with Gasteiger partial charge in [-0.1, -0.05) is 49.4 Å². The van der Waals surface area contributed by atoms with Crippen LogP contribution in [-0.2, 0) is 4.79 Å². The lowest BCUT2D eigenvalue weighted by atomic mass is 9.95. The predicted octanol–water partition coefficient (Wildman–Crippen LogP) is 5.64. The number of hydrogen-bond acceptors (Lipinski definition) is 6. The van der Waals surface area contributed by atoms with Crippen molar-refractivity contribution in [1.82, 2.24) is 14.8 Å². The second-order valence-corrected chi connectivity index (χ2v) is 8.93. The van der Waals surface area contributed by atoms with Crippen molar-refractivity contribution in [3.05, 3.63) is 71.2 Å². The van der Waals surface area contributed by atoms with E-state index in [1.165, 1.54) is 12.1 Å². The zero-order valence-corrected chi connectivity index (χ0v) is 20.3. The molecule has 3 aromatic rings. The van der Waals surface area contributed by atoms with Gasteiger partial charge in [0.1, 0.15) is 17.6 Å². The van der Waals surface area contributed by atoms with E-state index in [4.69, 9.17) is 9.84 Å². The highest BCUT2D eigenvalue weighted by Crippen LogP contribution is 2.37. The number of para-hydroxylation sites is 2. The summed E-state index contributed by atoms with van der Waals surface area (Å²) in [7, 11) is 0. The van der Waals surface area contributed by atoms with E-state index in [-0.39, 0.29) is 11.7 Å². The van der Waals surface area contributed by atoms with E-state index < -0.39 is 6.04 Å². The number of unbranched alkanes of at least 4 members (excludes halogenated alkanes) is 1. The quantitative estimate of drug-likeness (QED) is 0.304. The minimum atomic E-state index is -0.566. The molecule has 0 bridgehead atoms. The maximum Gasteiger partial charge on any atom is 0.255 e. The number of rotatable bonds is 9. The molecule has 4 rings (SSSR count). The molecule has 0 fully saturated rings. The van der Waals surface area contributed by atoms with Crippen LogP contribution in [0.25, 0.3) is 0 Å². The van der Waals surface area contributed by atoms with Crippen LogP contribution in [0.5, 0.6) is 5.75 Å². The van der Waals surface area contributed by atoms with Crippen LogP contribution in [0.2, 0.25) is 0 Å². The van der Waals surface area contributed by atoms with Crippen molar-refractivity contribution in [2.45, 2.75) is 44.8 Å². The van der Waals surface area contributed by atoms with Crippen LogP contribution in [0.1, 0.15) is 45.2 Å². The number of ether oxygens (including phenoxy) is 1. The lowest BCUT2D eigenvalue weighted by Crippen LogP contribution is -2.31. The smallest absolute Gasteiger partial charge is 0.255 e. The summed E-state index contributed by atoms with van der Waals surface area (Å²) in [5.74, 6) is 1.42. The number of amides is 1. The molecule has 2 N–H and O–H groups in total. The van der Waals surface area contributed by atoms with Crippen molar-refractivity contribution in [1.29, 1.82) is 0 Å². The molecule has 0 spiro atoms. The van der Waals surface area contributed by atoms with Gasteiger partial charge in [-0.2, -0.15) is 4.98 Å². The second-order valence-electron chi connectivity index (χ2n) is 7.87. The SMILES string of the molecule is CCCCSc1nc2n(n1)C(c1ccc(F)cc1)C(C(=O)Nc1ccccc1OCC)=C(C)N2. The number of thioether (sulfide) groups is 1. The van der Waals surface area contributed by atoms with Crippen LogP contribution >= 0.6 is 11.8 Å². The molecule has 178 valence electrons. The van der Waals surface area contributed by atoms with Crippen molar-refractivity contribution in [3.8, 4) is 5.75 Å². The minimum absolute atomic E-state index is 0.298. The number of benzene rings is 2. The van der Waals surface area contributed by atoms with Gasteiger partial charge in [0.2, 0.25) is 11.1 Å². The zero-order valence-electron chi connectivity index (χ0n) is 19.5. The van der Waals surface area contributed by atoms with Crippen LogP contribution in [0, 0.1) is 5.82 Å². The average Bonchev–Trinajstić information content (AvgIpc) is 3.22. The number of hydrogen-bond donors (Lipinski definition) is 2. The van der Waals surface area contributed by atoms with E-state index in [0.717, 1.165) is 24.2 Å². The summed E-state index contributed by atoms with van der Waals surface area (Å²) in [4.78, 5) is 18.2. The van der Waals surface area contributed by atoms with Crippen LogP contribution in [0.15, 0.2) is 65.0 Å². The third-order valence-corrected chi connectivity index (χ3v) is 6.35. The van der Waals surface area contributed by atoms with Crippen LogP contribution in [0.4, 0.5) is 16.0 Å². The Kier molecular flexibility index (Phi) is 7.52. The van der Waals surface area contributed by atoms with Gasteiger partial charge in [0.05, 0.1) is 17.9 Å². The number of carbonyl (C=O) groups is 1. The van der Waals surface area contributed by atoms with E-state index in [2.05, 4.69) is 22.5 Å². The van der Waals surface area contributed by atoms with Gasteiger partial charge in [-0.25, -0.2) is 9.07 Å². The highest BCUT2D eigenvalue weighted by atomic mass is 32.2. The predicted molar refractivity (Wildman–Crippen MR) is 133 cm³/mol. The molecule has 0 saturated carbocycles. The summed E-state index contributed by atoms with van der Waals surface area (Å²) in [5.41, 5.74) is 2.44. The number of anilines is 2. The number of nitrogens with one attached hydrogen (secondary N) is 2. The Morgan fingerprint density at radius 2 is 1.97 bits per heavy atom. The third-order valence-electron chi connectivity index (χ3n) is 5.43. The third kappa shape index (κ3) is 5.09. The Hall–Kier alpha value is -3.33. The first-order valence-electron chi connectivity index (χ1n) is 11.4. The van der Waals surface area contributed by atoms with Gasteiger partial charge in [0, 0.05) is 11.4 Å². The molecule has 9 heteroatoms. The van der Waals surface area contributed by atoms with Crippen molar-refractivity contribution in [3.63, 3.8) is 0 Å². The molecular weight excluding hydrogens is 453 g/mol. The highest BCUT2D eigenvalue weighted by Gasteiger charge is 2.34. The fraction of sp³-hybridized carbons (Fsp3) is 0.320. The number of aromatic nitrogens is 3. The summed E-state index contributed by atoms with van der Waals surface area (Å²) in [6, 6.07) is 12.9. The fourth-order valence-electron chi connectivity index (χ4n) is 3.79. The van der Waals surface area contributed by atoms with Gasteiger partial charge in [-0.3, -0.25) is 4.79 Å². The molecule has 7 nitrogen and oxygen atoms in total. The zero-order chi connectivity index (χ0) is 24.1. The van der Waals surface area contributed by atoms with Gasteiger partial charge in [-0.15, -0.1) is 5.10 Å². The van der Waals surface area contributed by atoms with E-state index in [0.29, 0.717) is 40.4 Å². The van der Waals surface area contributed by atoms with Crippen molar-refractivity contribution in [2.75, 3.05) is 23.0 Å². The lowest BCUT2D eigenvalue weighted by molar-refractivity contribution is -0.113. The maximum atomic E-state index is 13.7. The standard InChI is InChI=1S/C25H28FN5O2S/c1-4-6-15-34-25-29-24-27-16(3)21(22(31(24)30-25)17-11-13-18(26)14-12-17)23(32)28-19-9-7-8-10-20(19)33-5-2/h7-14,22H,4-6,15H2,1-3H3,(H,28,32)(H,27,29,30). The molecule has 0 radical (unpaired) electrons. The molecule has 0 saturated heterocycles. The lowest BCUT2D eigenvalue weighted by Gasteiger charge is -2.28. The minimum Gasteiger partial charge on any atom is -0.492 e. The number of carbonyl (C=O) groups excluding carboxylic acids is 1. The van der Waals surface area contributed by atoms with Crippen molar-refractivity contribution < 1.29 is 13.9 Å². The molecule has 2 heterocycles. The van der Waals surface area contributed by atoms with Gasteiger partial charge in [0.25, 0.3) is 5.91 Å². The average molecular weight is 482 g/mol. The summed E-state index contributed by atoms with van der Waals surface area (Å²) in [5, 5.41) is 11.5. The first-order chi connectivity index (χ1) is 16.5. The normalized spacial score (nSPS) is 15.0. The Morgan fingerprint density at radius 1 is 1.21 bits per heavy atom. The van der Waals surface area contributed by atoms with Gasteiger partial charge in [-0.05, 0) is 50.1 Å². The summed E-state index contributed by atoms with van der Waals surface area (Å²) < 4.78 is 21.1.